The number of aryl methyl sites for hydroxylation is 1. The number of rotatable bonds is 2. The molecule has 78 valence electrons. The number of aromatic nitrogens is 1. The largest absolute Gasteiger partial charge is 0.351 e. The minimum absolute atomic E-state index is 0.0520. The van der Waals surface area contributed by atoms with Crippen LogP contribution < -0.4 is 0 Å². The van der Waals surface area contributed by atoms with Crippen molar-refractivity contribution in [2.24, 2.45) is 0 Å². The Kier molecular flexibility index (Phi) is 2.65. The van der Waals surface area contributed by atoms with Crippen LogP contribution in [0, 0.1) is 0 Å². The number of fused-ring (bicyclic) bond motifs is 1. The summed E-state index contributed by atoms with van der Waals surface area (Å²) in [5.74, 6) is 0.0520. The van der Waals surface area contributed by atoms with Gasteiger partial charge in [0.1, 0.15) is 0 Å². The van der Waals surface area contributed by atoms with E-state index >= 15 is 0 Å². The Balaban J connectivity index is 2.72. The number of halogens is 1. The minimum atomic E-state index is 0.0520. The van der Waals surface area contributed by atoms with Crippen molar-refractivity contribution in [1.29, 1.82) is 0 Å². The van der Waals surface area contributed by atoms with Crippen molar-refractivity contribution in [3.8, 4) is 0 Å². The van der Waals surface area contributed by atoms with Gasteiger partial charge in [-0.1, -0.05) is 13.0 Å². The third kappa shape index (κ3) is 1.72. The lowest BCUT2D eigenvalue weighted by Gasteiger charge is -1.96. The number of ketones is 1. The summed E-state index contributed by atoms with van der Waals surface area (Å²) in [4.78, 5) is 14.4. The van der Waals surface area contributed by atoms with Crippen LogP contribution in [0.25, 0.3) is 10.9 Å². The van der Waals surface area contributed by atoms with E-state index in [9.17, 15) is 4.79 Å². The molecule has 1 N–H and O–H groups in total. The Morgan fingerprint density at radius 2 is 2.20 bits per heavy atom. The number of H-pyrrole nitrogens is 1. The summed E-state index contributed by atoms with van der Waals surface area (Å²) in [7, 11) is 0. The van der Waals surface area contributed by atoms with E-state index in [4.69, 9.17) is 0 Å². The van der Waals surface area contributed by atoms with Crippen molar-refractivity contribution in [3.05, 3.63) is 33.9 Å². The Labute approximate surface area is 96.8 Å². The maximum atomic E-state index is 11.3. The molecule has 0 atom stereocenters. The van der Waals surface area contributed by atoms with E-state index < -0.39 is 0 Å². The lowest BCUT2D eigenvalue weighted by Crippen LogP contribution is -1.91. The molecule has 1 aromatic carbocycles. The summed E-state index contributed by atoms with van der Waals surface area (Å²) in [6.45, 7) is 3.68. The van der Waals surface area contributed by atoms with E-state index in [1.807, 2.05) is 6.07 Å². The highest BCUT2D eigenvalue weighted by molar-refractivity contribution is 9.10. The number of aromatic amines is 1. The maximum Gasteiger partial charge on any atom is 0.177 e. The Morgan fingerprint density at radius 3 is 2.80 bits per heavy atom. The van der Waals surface area contributed by atoms with E-state index in [0.717, 1.165) is 21.8 Å². The molecule has 0 aliphatic carbocycles. The molecule has 1 heterocycles. The molecule has 0 bridgehead atoms. The van der Waals surface area contributed by atoms with E-state index in [-0.39, 0.29) is 5.78 Å². The molecule has 3 heteroatoms. The van der Waals surface area contributed by atoms with Gasteiger partial charge in [-0.05, 0) is 40.0 Å². The fourth-order valence-corrected chi connectivity index (χ4v) is 2.38. The first kappa shape index (κ1) is 10.4. The second-order valence-corrected chi connectivity index (χ2v) is 4.40. The van der Waals surface area contributed by atoms with Crippen molar-refractivity contribution < 1.29 is 4.79 Å². The molecule has 0 spiro atoms. The fraction of sp³-hybridized carbons (Fsp3) is 0.250. The number of hydrogen-bond donors (Lipinski definition) is 1. The van der Waals surface area contributed by atoms with Crippen LogP contribution >= 0.6 is 15.9 Å². The van der Waals surface area contributed by atoms with Gasteiger partial charge < -0.3 is 4.98 Å². The molecular formula is C12H12BrNO. The normalized spacial score (nSPS) is 10.9. The lowest BCUT2D eigenvalue weighted by molar-refractivity contribution is 0.101. The van der Waals surface area contributed by atoms with Crippen molar-refractivity contribution in [2.45, 2.75) is 20.3 Å². The summed E-state index contributed by atoms with van der Waals surface area (Å²) < 4.78 is 0.875. The molecule has 2 aromatic rings. The minimum Gasteiger partial charge on any atom is -0.351 e. The van der Waals surface area contributed by atoms with Gasteiger partial charge in [-0.2, -0.15) is 0 Å². The zero-order valence-electron chi connectivity index (χ0n) is 8.73. The maximum absolute atomic E-state index is 11.3. The summed E-state index contributed by atoms with van der Waals surface area (Å²) in [5, 5.41) is 1.08. The summed E-state index contributed by atoms with van der Waals surface area (Å²) in [6.07, 6.45) is 1.00. The molecule has 0 unspecified atom stereocenters. The van der Waals surface area contributed by atoms with Crippen molar-refractivity contribution in [1.82, 2.24) is 4.98 Å². The average molecular weight is 266 g/mol. The molecule has 2 nitrogen and oxygen atoms in total. The molecular weight excluding hydrogens is 254 g/mol. The van der Waals surface area contributed by atoms with E-state index in [2.05, 4.69) is 40.0 Å². The topological polar surface area (TPSA) is 32.9 Å². The van der Waals surface area contributed by atoms with Crippen LogP contribution in [0.4, 0.5) is 0 Å². The summed E-state index contributed by atoms with van der Waals surface area (Å²) >= 11 is 3.46. The number of hydrogen-bond acceptors (Lipinski definition) is 1. The smallest absolute Gasteiger partial charge is 0.177 e. The third-order valence-electron chi connectivity index (χ3n) is 2.56. The number of carbonyl (C=O) groups is 1. The zero-order valence-corrected chi connectivity index (χ0v) is 10.3. The van der Waals surface area contributed by atoms with Gasteiger partial charge in [-0.25, -0.2) is 0 Å². The van der Waals surface area contributed by atoms with Gasteiger partial charge >= 0.3 is 0 Å². The molecule has 2 rings (SSSR count). The molecule has 0 fully saturated rings. The van der Waals surface area contributed by atoms with Crippen LogP contribution in [0.15, 0.2) is 22.7 Å². The summed E-state index contributed by atoms with van der Waals surface area (Å²) in [6, 6.07) is 6.21. The standard InChI is InChI=1S/C12H12BrNO/c1-3-8-4-5-10-9(6-8)11(13)12(14-10)7(2)15/h4-6,14H,3H2,1-2H3. The van der Waals surface area contributed by atoms with Crippen molar-refractivity contribution in [2.75, 3.05) is 0 Å². The van der Waals surface area contributed by atoms with E-state index in [0.29, 0.717) is 5.69 Å². The molecule has 0 saturated heterocycles. The zero-order chi connectivity index (χ0) is 11.0. The van der Waals surface area contributed by atoms with Crippen LogP contribution in [0.2, 0.25) is 0 Å². The monoisotopic (exact) mass is 265 g/mol. The first-order valence-corrected chi connectivity index (χ1v) is 5.73. The number of carbonyl (C=O) groups excluding carboxylic acids is 1. The number of nitrogens with one attached hydrogen (secondary N) is 1. The van der Waals surface area contributed by atoms with Gasteiger partial charge in [0.15, 0.2) is 5.78 Å². The molecule has 0 aliphatic rings. The van der Waals surface area contributed by atoms with E-state index in [1.54, 1.807) is 6.92 Å². The van der Waals surface area contributed by atoms with Crippen LogP contribution in [-0.2, 0) is 6.42 Å². The van der Waals surface area contributed by atoms with Crippen LogP contribution in [-0.4, -0.2) is 10.8 Å². The highest BCUT2D eigenvalue weighted by Gasteiger charge is 2.12. The third-order valence-corrected chi connectivity index (χ3v) is 3.38. The van der Waals surface area contributed by atoms with Gasteiger partial charge in [0.2, 0.25) is 0 Å². The van der Waals surface area contributed by atoms with Gasteiger partial charge in [-0.3, -0.25) is 4.79 Å². The van der Waals surface area contributed by atoms with Crippen LogP contribution in [0.1, 0.15) is 29.9 Å². The quantitative estimate of drug-likeness (QED) is 0.826. The first-order valence-electron chi connectivity index (χ1n) is 4.94. The van der Waals surface area contributed by atoms with Gasteiger partial charge in [0.25, 0.3) is 0 Å². The van der Waals surface area contributed by atoms with Crippen LogP contribution in [0.5, 0.6) is 0 Å². The number of Topliss-reactive ketones (excluding diaryl/α,β-unsaturated/α-hetero) is 1. The SMILES string of the molecule is CCc1ccc2[nH]c(C(C)=O)c(Br)c2c1. The Morgan fingerprint density at radius 1 is 1.47 bits per heavy atom. The van der Waals surface area contributed by atoms with Crippen LogP contribution in [0.3, 0.4) is 0 Å². The second kappa shape index (κ2) is 3.81. The highest BCUT2D eigenvalue weighted by Crippen LogP contribution is 2.29. The molecule has 0 saturated carbocycles. The molecule has 1 aromatic heterocycles. The second-order valence-electron chi connectivity index (χ2n) is 3.60. The van der Waals surface area contributed by atoms with Gasteiger partial charge in [0.05, 0.1) is 10.2 Å². The Hall–Kier alpha value is -1.09. The average Bonchev–Trinajstić information content (AvgIpc) is 2.56. The molecule has 0 amide bonds. The predicted octanol–water partition coefficient (Wildman–Crippen LogP) is 3.70. The first-order chi connectivity index (χ1) is 7.13. The van der Waals surface area contributed by atoms with Crippen molar-refractivity contribution in [3.63, 3.8) is 0 Å². The van der Waals surface area contributed by atoms with Crippen molar-refractivity contribution >= 4 is 32.6 Å². The predicted molar refractivity (Wildman–Crippen MR) is 65.4 cm³/mol. The summed E-state index contributed by atoms with van der Waals surface area (Å²) in [5.41, 5.74) is 2.93. The lowest BCUT2D eigenvalue weighted by atomic mass is 10.1. The number of benzene rings is 1. The van der Waals surface area contributed by atoms with Gasteiger partial charge in [0, 0.05) is 17.8 Å². The van der Waals surface area contributed by atoms with E-state index in [1.165, 1.54) is 5.56 Å². The molecule has 0 radical (unpaired) electrons. The fourth-order valence-electron chi connectivity index (χ4n) is 1.67. The highest BCUT2D eigenvalue weighted by atomic mass is 79.9. The van der Waals surface area contributed by atoms with Gasteiger partial charge in [-0.15, -0.1) is 0 Å². The molecule has 0 aliphatic heterocycles. The Bertz CT molecular complexity index is 528. The molecule has 15 heavy (non-hydrogen) atoms.